The van der Waals surface area contributed by atoms with Crippen LogP contribution >= 0.6 is 15.9 Å². The highest BCUT2D eigenvalue weighted by molar-refractivity contribution is 9.10. The normalized spacial score (nSPS) is 11.5. The van der Waals surface area contributed by atoms with Crippen molar-refractivity contribution in [1.29, 1.82) is 0 Å². The molecule has 84 valence electrons. The Kier molecular flexibility index (Phi) is 3.40. The van der Waals surface area contributed by atoms with Gasteiger partial charge in [-0.3, -0.25) is 0 Å². The molecule has 1 aromatic rings. The van der Waals surface area contributed by atoms with Crippen molar-refractivity contribution >= 4 is 21.7 Å². The van der Waals surface area contributed by atoms with E-state index in [1.54, 1.807) is 0 Å². The number of aromatic nitrogens is 1. The van der Waals surface area contributed by atoms with E-state index in [2.05, 4.69) is 25.7 Å². The van der Waals surface area contributed by atoms with E-state index in [1.807, 2.05) is 0 Å². The number of anilines is 1. The smallest absolute Gasteiger partial charge is 0.402 e. The molecular weight excluding hydrogens is 279 g/mol. The van der Waals surface area contributed by atoms with Crippen LogP contribution in [0.4, 0.5) is 19.0 Å². The first-order valence-electron chi connectivity index (χ1n) is 3.74. The summed E-state index contributed by atoms with van der Waals surface area (Å²) in [5, 5.41) is 0. The first-order chi connectivity index (χ1) is 6.83. The van der Waals surface area contributed by atoms with E-state index in [-0.39, 0.29) is 12.4 Å². The molecule has 0 aliphatic heterocycles. The van der Waals surface area contributed by atoms with Crippen molar-refractivity contribution < 1.29 is 17.9 Å². The van der Waals surface area contributed by atoms with Crippen LogP contribution in [0.15, 0.2) is 10.5 Å². The van der Waals surface area contributed by atoms with Crippen molar-refractivity contribution in [3.8, 4) is 5.75 Å². The summed E-state index contributed by atoms with van der Waals surface area (Å²) < 4.78 is 39.6. The highest BCUT2D eigenvalue weighted by atomic mass is 79.9. The van der Waals surface area contributed by atoms with Crippen LogP contribution in [0, 0.1) is 0 Å². The molecule has 0 atom stereocenters. The van der Waals surface area contributed by atoms with Gasteiger partial charge < -0.3 is 16.2 Å². The molecule has 1 heterocycles. The lowest BCUT2D eigenvalue weighted by atomic mass is 10.3. The zero-order valence-corrected chi connectivity index (χ0v) is 8.89. The standard InChI is InChI=1S/C7H7BrF3N3O/c8-3-1-5(15-7(9,10)11)6(13)14-4(3)2-12/h1H,2,12H2,(H2,13,14). The maximum absolute atomic E-state index is 11.9. The molecule has 0 unspecified atom stereocenters. The van der Waals surface area contributed by atoms with Gasteiger partial charge in [0, 0.05) is 17.1 Å². The Morgan fingerprint density at radius 2 is 2.07 bits per heavy atom. The molecule has 0 fully saturated rings. The van der Waals surface area contributed by atoms with Crippen LogP contribution in [0.25, 0.3) is 0 Å². The summed E-state index contributed by atoms with van der Waals surface area (Å²) in [7, 11) is 0. The van der Waals surface area contributed by atoms with Gasteiger partial charge in [-0.2, -0.15) is 0 Å². The maximum atomic E-state index is 11.9. The van der Waals surface area contributed by atoms with E-state index in [4.69, 9.17) is 11.5 Å². The van der Waals surface area contributed by atoms with Crippen LogP contribution in [0.1, 0.15) is 5.69 Å². The fourth-order valence-electron chi connectivity index (χ4n) is 0.876. The van der Waals surface area contributed by atoms with Crippen molar-refractivity contribution in [2.45, 2.75) is 12.9 Å². The number of nitrogens with zero attached hydrogens (tertiary/aromatic N) is 1. The van der Waals surface area contributed by atoms with Crippen molar-refractivity contribution in [2.75, 3.05) is 5.73 Å². The molecule has 0 aliphatic rings. The van der Waals surface area contributed by atoms with E-state index >= 15 is 0 Å². The molecule has 0 spiro atoms. The largest absolute Gasteiger partial charge is 0.573 e. The Hall–Kier alpha value is -1.02. The predicted octanol–water partition coefficient (Wildman–Crippen LogP) is 1.78. The van der Waals surface area contributed by atoms with Gasteiger partial charge in [0.2, 0.25) is 0 Å². The van der Waals surface area contributed by atoms with E-state index < -0.39 is 12.1 Å². The molecule has 15 heavy (non-hydrogen) atoms. The van der Waals surface area contributed by atoms with Crippen LogP contribution in [0.3, 0.4) is 0 Å². The van der Waals surface area contributed by atoms with Gasteiger partial charge in [0.1, 0.15) is 0 Å². The minimum Gasteiger partial charge on any atom is -0.402 e. The fourth-order valence-corrected chi connectivity index (χ4v) is 1.33. The van der Waals surface area contributed by atoms with Crippen molar-refractivity contribution in [3.63, 3.8) is 0 Å². The molecule has 1 aromatic heterocycles. The molecule has 1 rings (SSSR count). The number of hydrogen-bond acceptors (Lipinski definition) is 4. The van der Waals surface area contributed by atoms with Gasteiger partial charge in [-0.05, 0) is 15.9 Å². The van der Waals surface area contributed by atoms with Crippen molar-refractivity contribution in [3.05, 3.63) is 16.2 Å². The summed E-state index contributed by atoms with van der Waals surface area (Å²) >= 11 is 3.00. The first kappa shape index (κ1) is 12.1. The first-order valence-corrected chi connectivity index (χ1v) is 4.53. The minimum atomic E-state index is -4.79. The average molecular weight is 286 g/mol. The molecule has 0 amide bonds. The third-order valence-corrected chi connectivity index (χ3v) is 2.15. The molecule has 0 radical (unpaired) electrons. The highest BCUT2D eigenvalue weighted by Crippen LogP contribution is 2.30. The van der Waals surface area contributed by atoms with Crippen molar-refractivity contribution in [2.24, 2.45) is 5.73 Å². The van der Waals surface area contributed by atoms with E-state index in [9.17, 15) is 13.2 Å². The Labute approximate surface area is 91.5 Å². The molecular formula is C7H7BrF3N3O. The van der Waals surface area contributed by atoms with Gasteiger partial charge in [-0.1, -0.05) is 0 Å². The van der Waals surface area contributed by atoms with Crippen LogP contribution < -0.4 is 16.2 Å². The summed E-state index contributed by atoms with van der Waals surface area (Å²) in [5.74, 6) is -0.900. The Bertz CT molecular complexity index is 369. The van der Waals surface area contributed by atoms with E-state index in [0.717, 1.165) is 6.07 Å². The predicted molar refractivity (Wildman–Crippen MR) is 50.9 cm³/mol. The van der Waals surface area contributed by atoms with Gasteiger partial charge in [0.05, 0.1) is 5.69 Å². The SMILES string of the molecule is NCc1nc(N)c(OC(F)(F)F)cc1Br. The Balaban J connectivity index is 3.05. The second kappa shape index (κ2) is 4.23. The monoisotopic (exact) mass is 285 g/mol. The Morgan fingerprint density at radius 1 is 1.47 bits per heavy atom. The zero-order chi connectivity index (χ0) is 11.6. The van der Waals surface area contributed by atoms with Crippen molar-refractivity contribution in [1.82, 2.24) is 4.98 Å². The highest BCUT2D eigenvalue weighted by Gasteiger charge is 2.32. The number of pyridine rings is 1. The van der Waals surface area contributed by atoms with Gasteiger partial charge in [-0.25, -0.2) is 4.98 Å². The van der Waals surface area contributed by atoms with Crippen LogP contribution in [0.5, 0.6) is 5.75 Å². The second-order valence-corrected chi connectivity index (χ2v) is 3.41. The lowest BCUT2D eigenvalue weighted by Crippen LogP contribution is -2.19. The lowest BCUT2D eigenvalue weighted by molar-refractivity contribution is -0.274. The van der Waals surface area contributed by atoms with Gasteiger partial charge >= 0.3 is 6.36 Å². The molecule has 0 saturated heterocycles. The second-order valence-electron chi connectivity index (χ2n) is 2.55. The van der Waals surface area contributed by atoms with Crippen LogP contribution in [-0.2, 0) is 6.54 Å². The number of nitrogens with two attached hydrogens (primary N) is 2. The molecule has 0 aromatic carbocycles. The number of alkyl halides is 3. The van der Waals surface area contributed by atoms with E-state index in [1.165, 1.54) is 0 Å². The third kappa shape index (κ3) is 3.24. The van der Waals surface area contributed by atoms with Crippen LogP contribution in [-0.4, -0.2) is 11.3 Å². The third-order valence-electron chi connectivity index (χ3n) is 1.46. The summed E-state index contributed by atoms with van der Waals surface area (Å²) in [4.78, 5) is 3.66. The minimum absolute atomic E-state index is 0.0665. The van der Waals surface area contributed by atoms with Gasteiger partial charge in [0.25, 0.3) is 0 Å². The summed E-state index contributed by atoms with van der Waals surface area (Å²) in [5.41, 5.74) is 10.9. The zero-order valence-electron chi connectivity index (χ0n) is 7.31. The lowest BCUT2D eigenvalue weighted by Gasteiger charge is -2.12. The number of rotatable bonds is 2. The molecule has 8 heteroatoms. The topological polar surface area (TPSA) is 74.2 Å². The van der Waals surface area contributed by atoms with Gasteiger partial charge in [-0.15, -0.1) is 13.2 Å². The number of nitrogen functional groups attached to an aromatic ring is 1. The van der Waals surface area contributed by atoms with Crippen LogP contribution in [0.2, 0.25) is 0 Å². The molecule has 0 aliphatic carbocycles. The molecule has 0 saturated carbocycles. The maximum Gasteiger partial charge on any atom is 0.573 e. The molecule has 4 nitrogen and oxygen atoms in total. The summed E-state index contributed by atoms with van der Waals surface area (Å²) in [6.07, 6.45) is -4.79. The average Bonchev–Trinajstić information content (AvgIpc) is 2.08. The number of ether oxygens (including phenoxy) is 1. The Morgan fingerprint density at radius 3 is 2.53 bits per heavy atom. The number of halogens is 4. The molecule has 0 bridgehead atoms. The number of hydrogen-bond donors (Lipinski definition) is 2. The quantitative estimate of drug-likeness (QED) is 0.869. The van der Waals surface area contributed by atoms with E-state index in [0.29, 0.717) is 10.2 Å². The molecule has 4 N–H and O–H groups in total. The van der Waals surface area contributed by atoms with Gasteiger partial charge in [0.15, 0.2) is 11.6 Å². The fraction of sp³-hybridized carbons (Fsp3) is 0.286. The summed E-state index contributed by atoms with van der Waals surface area (Å²) in [6.45, 7) is 0.0665. The summed E-state index contributed by atoms with van der Waals surface area (Å²) in [6, 6.07) is 1.08.